The first-order valence-corrected chi connectivity index (χ1v) is 9.80. The molecule has 11 heteroatoms. The zero-order valence-electron chi connectivity index (χ0n) is 10.6. The van der Waals surface area contributed by atoms with Gasteiger partial charge < -0.3 is 0 Å². The molecule has 0 aromatic carbocycles. The molecule has 0 N–H and O–H groups in total. The normalized spacial score (nSPS) is 13.8. The molecule has 0 radical (unpaired) electrons. The number of hydrogen-bond donors (Lipinski definition) is 0. The maximum Gasteiger partial charge on any atom is 0.224 e. The lowest BCUT2D eigenvalue weighted by atomic mass is 10.1. The highest BCUT2D eigenvalue weighted by molar-refractivity contribution is 8.11. The van der Waals surface area contributed by atoms with Crippen molar-refractivity contribution in [2.45, 2.75) is 34.3 Å². The molecule has 0 aliphatic rings. The van der Waals surface area contributed by atoms with Gasteiger partial charge in [0.05, 0.1) is 11.8 Å². The maximum atomic E-state index is 12.3. The number of nitrogens with zero attached hydrogens (tertiary/aromatic N) is 2. The number of sulfonamides is 1. The number of halogens is 5. The van der Waals surface area contributed by atoms with Crippen molar-refractivity contribution in [3.63, 3.8) is 0 Å². The highest BCUT2D eigenvalue weighted by atomic mass is 35.5. The van der Waals surface area contributed by atoms with Gasteiger partial charge >= 0.3 is 0 Å². The van der Waals surface area contributed by atoms with Crippen molar-refractivity contribution in [3.05, 3.63) is 0 Å². The molecule has 0 saturated carbocycles. The van der Waals surface area contributed by atoms with E-state index >= 15 is 0 Å². The van der Waals surface area contributed by atoms with Crippen LogP contribution in [0, 0.1) is 11.3 Å². The molecule has 4 nitrogen and oxygen atoms in total. The number of nitriles is 1. The van der Waals surface area contributed by atoms with Gasteiger partial charge in [-0.25, -0.2) is 8.42 Å². The van der Waals surface area contributed by atoms with Crippen LogP contribution in [0.2, 0.25) is 0 Å². The molecule has 0 heterocycles. The summed E-state index contributed by atoms with van der Waals surface area (Å²) >= 11 is 29.0. The number of hydrogen-bond acceptors (Lipinski definition) is 4. The smallest absolute Gasteiger partial charge is 0.211 e. The Morgan fingerprint density at radius 1 is 1.35 bits per heavy atom. The second-order valence-corrected chi connectivity index (χ2v) is 10.9. The molecule has 20 heavy (non-hydrogen) atoms. The second-order valence-electron chi connectivity index (χ2n) is 4.21. The first-order chi connectivity index (χ1) is 8.90. The van der Waals surface area contributed by atoms with E-state index in [9.17, 15) is 8.42 Å². The highest BCUT2D eigenvalue weighted by Gasteiger charge is 2.45. The SMILES string of the molecule is CC(C)(C#N)N(SC(Cl)(Cl)C(Cl)Cl)S(=O)(=O)CCCCl. The van der Waals surface area contributed by atoms with Crippen LogP contribution in [0.4, 0.5) is 0 Å². The maximum absolute atomic E-state index is 12.3. The Bertz CT molecular complexity index is 461. The predicted octanol–water partition coefficient (Wildman–Crippen LogP) is 4.13. The molecule has 0 spiro atoms. The Morgan fingerprint density at radius 2 is 1.85 bits per heavy atom. The van der Waals surface area contributed by atoms with E-state index in [1.54, 1.807) is 0 Å². The van der Waals surface area contributed by atoms with Crippen molar-refractivity contribution in [2.75, 3.05) is 11.6 Å². The summed E-state index contributed by atoms with van der Waals surface area (Å²) in [6, 6.07) is 1.87. The summed E-state index contributed by atoms with van der Waals surface area (Å²) in [7, 11) is -3.82. The lowest BCUT2D eigenvalue weighted by Crippen LogP contribution is -2.45. The van der Waals surface area contributed by atoms with Gasteiger partial charge in [0, 0.05) is 5.88 Å². The average Bonchev–Trinajstić information content (AvgIpc) is 2.33. The van der Waals surface area contributed by atoms with E-state index < -0.39 is 24.1 Å². The van der Waals surface area contributed by atoms with Gasteiger partial charge in [-0.05, 0) is 32.2 Å². The fourth-order valence-electron chi connectivity index (χ4n) is 1.03. The van der Waals surface area contributed by atoms with E-state index in [1.807, 2.05) is 6.07 Å². The molecule has 0 rings (SSSR count). The van der Waals surface area contributed by atoms with Gasteiger partial charge in [-0.2, -0.15) is 5.26 Å². The Hall–Kier alpha value is 1.20. The average molecular weight is 423 g/mol. The molecule has 0 bridgehead atoms. The van der Waals surface area contributed by atoms with Gasteiger partial charge in [-0.15, -0.1) is 38.5 Å². The molecule has 118 valence electrons. The minimum Gasteiger partial charge on any atom is -0.211 e. The number of alkyl halides is 5. The summed E-state index contributed by atoms with van der Waals surface area (Å²) < 4.78 is 23.6. The molecule has 0 aliphatic carbocycles. The van der Waals surface area contributed by atoms with E-state index in [4.69, 9.17) is 63.3 Å². The summed E-state index contributed by atoms with van der Waals surface area (Å²) in [5, 5.41) is 9.14. The van der Waals surface area contributed by atoms with Crippen LogP contribution in [0.3, 0.4) is 0 Å². The Morgan fingerprint density at radius 3 is 2.20 bits per heavy atom. The van der Waals surface area contributed by atoms with Crippen LogP contribution in [-0.4, -0.2) is 37.8 Å². The summed E-state index contributed by atoms with van der Waals surface area (Å²) in [5.74, 6) is -0.0705. The summed E-state index contributed by atoms with van der Waals surface area (Å²) in [4.78, 5) is -1.25. The van der Waals surface area contributed by atoms with E-state index in [0.717, 1.165) is 3.71 Å². The monoisotopic (exact) mass is 420 g/mol. The van der Waals surface area contributed by atoms with Gasteiger partial charge in [-0.3, -0.25) is 0 Å². The fourth-order valence-corrected chi connectivity index (χ4v) is 5.23. The van der Waals surface area contributed by atoms with Gasteiger partial charge in [0.25, 0.3) is 0 Å². The lowest BCUT2D eigenvalue weighted by molar-refractivity contribution is 0.429. The van der Waals surface area contributed by atoms with Crippen LogP contribution in [0.5, 0.6) is 0 Å². The summed E-state index contributed by atoms with van der Waals surface area (Å²) in [5.41, 5.74) is -1.38. The Balaban J connectivity index is 5.50. The minimum atomic E-state index is -3.82. The van der Waals surface area contributed by atoms with E-state index in [0.29, 0.717) is 11.9 Å². The van der Waals surface area contributed by atoms with Crippen molar-refractivity contribution in [1.29, 1.82) is 5.26 Å². The second kappa shape index (κ2) is 8.16. The van der Waals surface area contributed by atoms with E-state index in [2.05, 4.69) is 0 Å². The zero-order valence-corrected chi connectivity index (χ0v) is 16.0. The third-order valence-corrected chi connectivity index (χ3v) is 8.23. The first-order valence-electron chi connectivity index (χ1n) is 5.26. The van der Waals surface area contributed by atoms with Crippen LogP contribution in [0.25, 0.3) is 0 Å². The van der Waals surface area contributed by atoms with Crippen molar-refractivity contribution in [1.82, 2.24) is 3.71 Å². The largest absolute Gasteiger partial charge is 0.224 e. The Kier molecular flexibility index (Phi) is 8.65. The predicted molar refractivity (Wildman–Crippen MR) is 88.2 cm³/mol. The van der Waals surface area contributed by atoms with Crippen molar-refractivity contribution < 1.29 is 8.42 Å². The third-order valence-electron chi connectivity index (χ3n) is 1.98. The standard InChI is InChI=1S/C9H13Cl5N2O2S2/c1-8(2,6-15)16(19-9(13,14)7(11)12)20(17,18)5-3-4-10/h7H,3-5H2,1-2H3. The van der Waals surface area contributed by atoms with Crippen LogP contribution >= 0.6 is 70.0 Å². The Labute approximate surface area is 148 Å². The van der Waals surface area contributed by atoms with Crippen LogP contribution < -0.4 is 0 Å². The molecular formula is C9H13Cl5N2O2S2. The zero-order chi connectivity index (χ0) is 16.2. The van der Waals surface area contributed by atoms with Crippen molar-refractivity contribution in [2.24, 2.45) is 0 Å². The van der Waals surface area contributed by atoms with E-state index in [-0.39, 0.29) is 18.1 Å². The molecule has 0 aromatic heterocycles. The van der Waals surface area contributed by atoms with Gasteiger partial charge in [0.1, 0.15) is 5.54 Å². The van der Waals surface area contributed by atoms with Crippen LogP contribution in [-0.2, 0) is 10.0 Å². The quantitative estimate of drug-likeness (QED) is 0.436. The third kappa shape index (κ3) is 6.13. The van der Waals surface area contributed by atoms with Gasteiger partial charge in [0.15, 0.2) is 4.84 Å². The van der Waals surface area contributed by atoms with Crippen molar-refractivity contribution >= 4 is 80.0 Å². The molecule has 0 aliphatic heterocycles. The molecule has 0 saturated heterocycles. The molecular weight excluding hydrogens is 410 g/mol. The summed E-state index contributed by atoms with van der Waals surface area (Å²) in [6.07, 6.45) is 0.227. The van der Waals surface area contributed by atoms with Gasteiger partial charge in [0.2, 0.25) is 13.7 Å². The molecule has 0 atom stereocenters. The van der Waals surface area contributed by atoms with Crippen molar-refractivity contribution in [3.8, 4) is 6.07 Å². The highest BCUT2D eigenvalue weighted by Crippen LogP contribution is 2.47. The minimum absolute atomic E-state index is 0.172. The first kappa shape index (κ1) is 21.2. The molecule has 0 aromatic rings. The van der Waals surface area contributed by atoms with Gasteiger partial charge in [-0.1, -0.05) is 23.2 Å². The van der Waals surface area contributed by atoms with Crippen LogP contribution in [0.1, 0.15) is 20.3 Å². The van der Waals surface area contributed by atoms with Crippen LogP contribution in [0.15, 0.2) is 0 Å². The molecule has 0 fully saturated rings. The molecule has 0 unspecified atom stereocenters. The van der Waals surface area contributed by atoms with E-state index in [1.165, 1.54) is 13.8 Å². The number of rotatable bonds is 8. The fraction of sp³-hybridized carbons (Fsp3) is 0.889. The summed E-state index contributed by atoms with van der Waals surface area (Å²) in [6.45, 7) is 2.83. The molecule has 0 amide bonds. The topological polar surface area (TPSA) is 61.2 Å². The lowest BCUT2D eigenvalue weighted by Gasteiger charge is -2.34.